The van der Waals surface area contributed by atoms with E-state index in [0.717, 1.165) is 29.3 Å². The van der Waals surface area contributed by atoms with Gasteiger partial charge in [0.25, 0.3) is 0 Å². The maximum absolute atomic E-state index is 5.91. The molecule has 0 radical (unpaired) electrons. The van der Waals surface area contributed by atoms with Gasteiger partial charge < -0.3 is 0 Å². The summed E-state index contributed by atoms with van der Waals surface area (Å²) in [5.74, 6) is 0.308. The van der Waals surface area contributed by atoms with Crippen LogP contribution in [0.4, 0.5) is 0 Å². The SMILES string of the molecule is C=CC1CCCC(Cl)=C1Cl. The molecule has 0 N–H and O–H groups in total. The summed E-state index contributed by atoms with van der Waals surface area (Å²) in [4.78, 5) is 0. The summed E-state index contributed by atoms with van der Waals surface area (Å²) in [5.41, 5.74) is 0. The second-order valence-electron chi connectivity index (χ2n) is 2.49. The Bertz CT molecular complexity index is 170. The summed E-state index contributed by atoms with van der Waals surface area (Å²) < 4.78 is 0. The zero-order chi connectivity index (χ0) is 7.56. The number of rotatable bonds is 1. The van der Waals surface area contributed by atoms with Crippen LogP contribution in [0.1, 0.15) is 19.3 Å². The minimum atomic E-state index is 0.308. The molecule has 0 spiro atoms. The minimum Gasteiger partial charge on any atom is -0.102 e. The van der Waals surface area contributed by atoms with Crippen molar-refractivity contribution < 1.29 is 0 Å². The van der Waals surface area contributed by atoms with Crippen LogP contribution in [0, 0.1) is 5.92 Å². The maximum atomic E-state index is 5.91. The molecule has 0 saturated carbocycles. The van der Waals surface area contributed by atoms with E-state index in [9.17, 15) is 0 Å². The van der Waals surface area contributed by atoms with Crippen LogP contribution in [0.25, 0.3) is 0 Å². The van der Waals surface area contributed by atoms with E-state index in [0.29, 0.717) is 5.92 Å². The number of halogens is 2. The molecule has 56 valence electrons. The number of hydrogen-bond acceptors (Lipinski definition) is 0. The van der Waals surface area contributed by atoms with Crippen molar-refractivity contribution in [3.05, 3.63) is 22.7 Å². The smallest absolute Gasteiger partial charge is 0.0394 e. The molecule has 0 bridgehead atoms. The maximum Gasteiger partial charge on any atom is 0.0394 e. The summed E-state index contributed by atoms with van der Waals surface area (Å²) in [5, 5.41) is 1.61. The van der Waals surface area contributed by atoms with Crippen molar-refractivity contribution in [2.24, 2.45) is 5.92 Å². The second-order valence-corrected chi connectivity index (χ2v) is 3.35. The van der Waals surface area contributed by atoms with Gasteiger partial charge in [-0.05, 0) is 19.3 Å². The zero-order valence-electron chi connectivity index (χ0n) is 5.74. The second kappa shape index (κ2) is 3.45. The summed E-state index contributed by atoms with van der Waals surface area (Å²) in [7, 11) is 0. The van der Waals surface area contributed by atoms with E-state index in [4.69, 9.17) is 23.2 Å². The fourth-order valence-electron chi connectivity index (χ4n) is 1.15. The van der Waals surface area contributed by atoms with Crippen molar-refractivity contribution >= 4 is 23.2 Å². The van der Waals surface area contributed by atoms with E-state index >= 15 is 0 Å². The fraction of sp³-hybridized carbons (Fsp3) is 0.500. The number of allylic oxidation sites excluding steroid dienone is 3. The van der Waals surface area contributed by atoms with Crippen LogP contribution in [-0.4, -0.2) is 0 Å². The third-order valence-corrected chi connectivity index (χ3v) is 2.78. The van der Waals surface area contributed by atoms with Gasteiger partial charge in [0.1, 0.15) is 0 Å². The Morgan fingerprint density at radius 2 is 2.20 bits per heavy atom. The van der Waals surface area contributed by atoms with Gasteiger partial charge in [-0.2, -0.15) is 0 Å². The molecular formula is C8H10Cl2. The van der Waals surface area contributed by atoms with Crippen molar-refractivity contribution in [1.29, 1.82) is 0 Å². The molecule has 1 atom stereocenters. The van der Waals surface area contributed by atoms with Gasteiger partial charge in [-0.3, -0.25) is 0 Å². The highest BCUT2D eigenvalue weighted by Crippen LogP contribution is 2.34. The third-order valence-electron chi connectivity index (χ3n) is 1.78. The van der Waals surface area contributed by atoms with E-state index in [1.54, 1.807) is 0 Å². The Labute approximate surface area is 71.5 Å². The first kappa shape index (κ1) is 8.16. The monoisotopic (exact) mass is 176 g/mol. The van der Waals surface area contributed by atoms with Crippen molar-refractivity contribution in [3.8, 4) is 0 Å². The summed E-state index contributed by atoms with van der Waals surface area (Å²) in [6, 6.07) is 0. The molecule has 0 saturated heterocycles. The molecule has 0 aromatic carbocycles. The Morgan fingerprint density at radius 3 is 2.70 bits per heavy atom. The van der Waals surface area contributed by atoms with Crippen LogP contribution in [0.15, 0.2) is 22.7 Å². The predicted molar refractivity (Wildman–Crippen MR) is 46.3 cm³/mol. The van der Waals surface area contributed by atoms with E-state index in [1.165, 1.54) is 0 Å². The van der Waals surface area contributed by atoms with Crippen molar-refractivity contribution in [2.45, 2.75) is 19.3 Å². The number of hydrogen-bond donors (Lipinski definition) is 0. The van der Waals surface area contributed by atoms with Crippen LogP contribution in [0.3, 0.4) is 0 Å². The van der Waals surface area contributed by atoms with Gasteiger partial charge in [-0.1, -0.05) is 29.3 Å². The molecule has 10 heavy (non-hydrogen) atoms. The van der Waals surface area contributed by atoms with Crippen molar-refractivity contribution in [1.82, 2.24) is 0 Å². The van der Waals surface area contributed by atoms with Crippen LogP contribution >= 0.6 is 23.2 Å². The van der Waals surface area contributed by atoms with Gasteiger partial charge in [0.05, 0.1) is 0 Å². The fourth-order valence-corrected chi connectivity index (χ4v) is 1.71. The normalized spacial score (nSPS) is 26.8. The predicted octanol–water partition coefficient (Wildman–Crippen LogP) is 3.66. The first-order valence-electron chi connectivity index (χ1n) is 3.42. The summed E-state index contributed by atoms with van der Waals surface area (Å²) >= 11 is 11.8. The molecule has 1 aliphatic carbocycles. The molecular weight excluding hydrogens is 167 g/mol. The Kier molecular flexibility index (Phi) is 2.82. The average molecular weight is 177 g/mol. The Hall–Kier alpha value is 0.0600. The highest BCUT2D eigenvalue weighted by Gasteiger charge is 2.17. The largest absolute Gasteiger partial charge is 0.102 e. The first-order valence-corrected chi connectivity index (χ1v) is 4.18. The standard InChI is InChI=1S/C8H10Cl2/c1-2-6-4-3-5-7(9)8(6)10/h2,6H,1,3-5H2. The van der Waals surface area contributed by atoms with Gasteiger partial charge >= 0.3 is 0 Å². The lowest BCUT2D eigenvalue weighted by Gasteiger charge is -2.18. The van der Waals surface area contributed by atoms with Crippen LogP contribution in [-0.2, 0) is 0 Å². The molecule has 2 heteroatoms. The van der Waals surface area contributed by atoms with Crippen molar-refractivity contribution in [2.75, 3.05) is 0 Å². The topological polar surface area (TPSA) is 0 Å². The summed E-state index contributed by atoms with van der Waals surface area (Å²) in [6.07, 6.45) is 5.03. The highest BCUT2D eigenvalue weighted by molar-refractivity contribution is 6.39. The van der Waals surface area contributed by atoms with E-state index in [-0.39, 0.29) is 0 Å². The van der Waals surface area contributed by atoms with Crippen LogP contribution in [0.2, 0.25) is 0 Å². The quantitative estimate of drug-likeness (QED) is 0.536. The molecule has 1 rings (SSSR count). The lowest BCUT2D eigenvalue weighted by atomic mass is 9.96. The van der Waals surface area contributed by atoms with Crippen molar-refractivity contribution in [3.63, 3.8) is 0 Å². The lowest BCUT2D eigenvalue weighted by molar-refractivity contribution is 0.615. The molecule has 0 nitrogen and oxygen atoms in total. The molecule has 0 aromatic rings. The van der Waals surface area contributed by atoms with E-state index in [2.05, 4.69) is 6.58 Å². The van der Waals surface area contributed by atoms with E-state index < -0.39 is 0 Å². The molecule has 1 unspecified atom stereocenters. The first-order chi connectivity index (χ1) is 4.75. The highest BCUT2D eigenvalue weighted by atomic mass is 35.5. The van der Waals surface area contributed by atoms with Gasteiger partial charge in [-0.25, -0.2) is 0 Å². The molecule has 0 amide bonds. The third kappa shape index (κ3) is 1.56. The minimum absolute atomic E-state index is 0.308. The molecule has 0 aliphatic heterocycles. The van der Waals surface area contributed by atoms with Gasteiger partial charge in [-0.15, -0.1) is 6.58 Å². The molecule has 0 heterocycles. The average Bonchev–Trinajstić information content (AvgIpc) is 1.95. The molecule has 0 aromatic heterocycles. The van der Waals surface area contributed by atoms with Crippen LogP contribution in [0.5, 0.6) is 0 Å². The zero-order valence-corrected chi connectivity index (χ0v) is 7.25. The lowest BCUT2D eigenvalue weighted by Crippen LogP contribution is -2.03. The summed E-state index contributed by atoms with van der Waals surface area (Å²) in [6.45, 7) is 3.69. The molecule has 0 fully saturated rings. The Balaban J connectivity index is 2.77. The van der Waals surface area contributed by atoms with E-state index in [1.807, 2.05) is 6.08 Å². The van der Waals surface area contributed by atoms with Gasteiger partial charge in [0, 0.05) is 16.0 Å². The molecule has 1 aliphatic rings. The van der Waals surface area contributed by atoms with Gasteiger partial charge in [0.15, 0.2) is 0 Å². The Morgan fingerprint density at radius 1 is 1.50 bits per heavy atom. The van der Waals surface area contributed by atoms with Crippen LogP contribution < -0.4 is 0 Å². The van der Waals surface area contributed by atoms with Gasteiger partial charge in [0.2, 0.25) is 0 Å².